The molecule has 2 aliphatic heterocycles. The van der Waals surface area contributed by atoms with Crippen molar-refractivity contribution in [3.63, 3.8) is 0 Å². The average molecular weight is 201 g/mol. The van der Waals surface area contributed by atoms with Crippen LogP contribution in [0.1, 0.15) is 11.1 Å². The van der Waals surface area contributed by atoms with Gasteiger partial charge in [0.05, 0.1) is 5.69 Å². The predicted octanol–water partition coefficient (Wildman–Crippen LogP) is 0.928. The highest BCUT2D eigenvalue weighted by atomic mass is 16.2. The van der Waals surface area contributed by atoms with Crippen LogP contribution in [0.25, 0.3) is 0 Å². The lowest BCUT2D eigenvalue weighted by atomic mass is 10.1. The van der Waals surface area contributed by atoms with Crippen molar-refractivity contribution in [1.29, 1.82) is 0 Å². The third-order valence-electron chi connectivity index (χ3n) is 2.71. The van der Waals surface area contributed by atoms with Crippen LogP contribution in [0.15, 0.2) is 23.2 Å². The minimum Gasteiger partial charge on any atom is -0.329 e. The molecule has 0 radical (unpaired) electrons. The average Bonchev–Trinajstić information content (AvgIpc) is 2.53. The second-order valence-corrected chi connectivity index (χ2v) is 3.97. The first-order chi connectivity index (χ1) is 7.22. The minimum atomic E-state index is 0.0262. The van der Waals surface area contributed by atoms with Gasteiger partial charge >= 0.3 is 0 Å². The lowest BCUT2D eigenvalue weighted by molar-refractivity contribution is -0.118. The summed E-state index contributed by atoms with van der Waals surface area (Å²) in [6, 6.07) is 6.16. The maximum Gasteiger partial charge on any atom is 0.246 e. The van der Waals surface area contributed by atoms with E-state index in [1.54, 1.807) is 0 Å². The molecular formula is C11H11N3O. The van der Waals surface area contributed by atoms with Gasteiger partial charge in [-0.1, -0.05) is 17.7 Å². The second-order valence-electron chi connectivity index (χ2n) is 3.97. The van der Waals surface area contributed by atoms with Gasteiger partial charge in [0.2, 0.25) is 11.9 Å². The number of guanidine groups is 1. The number of carbonyl (C=O) groups excluding carboxylic acids is 1. The number of hydrogen-bond donors (Lipinski definition) is 1. The Balaban J connectivity index is 2.06. The van der Waals surface area contributed by atoms with E-state index in [2.05, 4.69) is 23.3 Å². The van der Waals surface area contributed by atoms with Crippen LogP contribution < -0.4 is 5.32 Å². The van der Waals surface area contributed by atoms with Crippen molar-refractivity contribution in [3.8, 4) is 0 Å². The van der Waals surface area contributed by atoms with E-state index in [4.69, 9.17) is 0 Å². The molecule has 0 unspecified atom stereocenters. The fraction of sp³-hybridized carbons (Fsp3) is 0.273. The van der Waals surface area contributed by atoms with Crippen LogP contribution in [0, 0.1) is 6.92 Å². The highest BCUT2D eigenvalue weighted by molar-refractivity contribution is 6.05. The topological polar surface area (TPSA) is 44.7 Å². The summed E-state index contributed by atoms with van der Waals surface area (Å²) in [4.78, 5) is 17.6. The van der Waals surface area contributed by atoms with E-state index in [1.807, 2.05) is 17.0 Å². The molecule has 1 saturated heterocycles. The van der Waals surface area contributed by atoms with Gasteiger partial charge < -0.3 is 4.90 Å². The number of nitrogens with one attached hydrogen (secondary N) is 1. The van der Waals surface area contributed by atoms with E-state index in [0.29, 0.717) is 12.5 Å². The summed E-state index contributed by atoms with van der Waals surface area (Å²) in [7, 11) is 0. The maximum atomic E-state index is 11.2. The molecule has 4 heteroatoms. The molecule has 76 valence electrons. The number of benzene rings is 1. The molecule has 1 amide bonds. The van der Waals surface area contributed by atoms with Crippen LogP contribution in [0.2, 0.25) is 0 Å². The number of carbonyl (C=O) groups is 1. The first-order valence-corrected chi connectivity index (χ1v) is 4.95. The summed E-state index contributed by atoms with van der Waals surface area (Å²) < 4.78 is 0. The summed E-state index contributed by atoms with van der Waals surface area (Å²) >= 11 is 0. The number of aryl methyl sites for hydroxylation is 1. The molecule has 2 aliphatic rings. The van der Waals surface area contributed by atoms with Crippen molar-refractivity contribution in [2.24, 2.45) is 4.99 Å². The van der Waals surface area contributed by atoms with Gasteiger partial charge in [-0.05, 0) is 18.6 Å². The predicted molar refractivity (Wildman–Crippen MR) is 56.8 cm³/mol. The Hall–Kier alpha value is -1.84. The van der Waals surface area contributed by atoms with E-state index < -0.39 is 0 Å². The van der Waals surface area contributed by atoms with Crippen molar-refractivity contribution in [3.05, 3.63) is 29.3 Å². The van der Waals surface area contributed by atoms with E-state index in [9.17, 15) is 4.79 Å². The third kappa shape index (κ3) is 1.29. The van der Waals surface area contributed by atoms with Crippen LogP contribution in [-0.2, 0) is 11.3 Å². The van der Waals surface area contributed by atoms with Gasteiger partial charge in [0.15, 0.2) is 0 Å². The lowest BCUT2D eigenvalue weighted by Crippen LogP contribution is -2.32. The zero-order valence-corrected chi connectivity index (χ0v) is 8.45. The number of rotatable bonds is 0. The minimum absolute atomic E-state index is 0.0262. The number of fused-ring (bicyclic) bond motifs is 2. The van der Waals surface area contributed by atoms with Gasteiger partial charge in [0.1, 0.15) is 6.54 Å². The van der Waals surface area contributed by atoms with Gasteiger partial charge in [0, 0.05) is 6.54 Å². The molecule has 1 N–H and O–H groups in total. The Kier molecular flexibility index (Phi) is 1.59. The largest absolute Gasteiger partial charge is 0.329 e. The summed E-state index contributed by atoms with van der Waals surface area (Å²) in [5.41, 5.74) is 3.38. The molecule has 0 spiro atoms. The molecule has 15 heavy (non-hydrogen) atoms. The van der Waals surface area contributed by atoms with Crippen LogP contribution in [0.5, 0.6) is 0 Å². The second kappa shape index (κ2) is 2.82. The number of aliphatic imine (C=N–C) groups is 1. The van der Waals surface area contributed by atoms with Gasteiger partial charge in [-0.2, -0.15) is 0 Å². The lowest BCUT2D eigenvalue weighted by Gasteiger charge is -2.22. The quantitative estimate of drug-likeness (QED) is 0.678. The number of hydrogen-bond acceptors (Lipinski definition) is 3. The van der Waals surface area contributed by atoms with Gasteiger partial charge in [-0.3, -0.25) is 10.1 Å². The number of nitrogens with zero attached hydrogens (tertiary/aromatic N) is 2. The van der Waals surface area contributed by atoms with E-state index in [-0.39, 0.29) is 5.91 Å². The van der Waals surface area contributed by atoms with Gasteiger partial charge in [0.25, 0.3) is 0 Å². The molecule has 0 bridgehead atoms. The number of amides is 1. The molecule has 2 heterocycles. The highest BCUT2D eigenvalue weighted by Crippen LogP contribution is 2.27. The molecule has 1 aromatic carbocycles. The smallest absolute Gasteiger partial charge is 0.246 e. The zero-order valence-electron chi connectivity index (χ0n) is 8.45. The molecular weight excluding hydrogens is 190 g/mol. The third-order valence-corrected chi connectivity index (χ3v) is 2.71. The highest BCUT2D eigenvalue weighted by Gasteiger charge is 2.28. The Morgan fingerprint density at radius 1 is 1.40 bits per heavy atom. The van der Waals surface area contributed by atoms with Crippen molar-refractivity contribution in [1.82, 2.24) is 10.2 Å². The van der Waals surface area contributed by atoms with Crippen molar-refractivity contribution < 1.29 is 4.79 Å². The molecule has 1 aromatic rings. The van der Waals surface area contributed by atoms with Crippen molar-refractivity contribution in [2.45, 2.75) is 13.5 Å². The Labute approximate surface area is 87.6 Å². The standard InChI is InChI=1S/C11H11N3O/c1-7-2-3-9-8(4-7)5-14-6-10(15)13-11(14)12-9/h2-4H,5-6H2,1H3,(H,12,13,15). The van der Waals surface area contributed by atoms with E-state index in [0.717, 1.165) is 12.2 Å². The summed E-state index contributed by atoms with van der Waals surface area (Å²) in [6.07, 6.45) is 0. The van der Waals surface area contributed by atoms with Gasteiger partial charge in [-0.25, -0.2) is 4.99 Å². The zero-order chi connectivity index (χ0) is 10.4. The summed E-state index contributed by atoms with van der Waals surface area (Å²) in [5.74, 6) is 0.717. The summed E-state index contributed by atoms with van der Waals surface area (Å²) in [6.45, 7) is 3.26. The molecule has 0 saturated carbocycles. The van der Waals surface area contributed by atoms with Crippen LogP contribution in [-0.4, -0.2) is 23.3 Å². The fourth-order valence-corrected chi connectivity index (χ4v) is 1.99. The van der Waals surface area contributed by atoms with Crippen molar-refractivity contribution in [2.75, 3.05) is 6.54 Å². The summed E-state index contributed by atoms with van der Waals surface area (Å²) in [5, 5.41) is 2.75. The maximum absolute atomic E-state index is 11.2. The Morgan fingerprint density at radius 2 is 2.27 bits per heavy atom. The van der Waals surface area contributed by atoms with Crippen LogP contribution in [0.4, 0.5) is 5.69 Å². The Morgan fingerprint density at radius 3 is 3.13 bits per heavy atom. The monoisotopic (exact) mass is 201 g/mol. The first-order valence-electron chi connectivity index (χ1n) is 4.95. The van der Waals surface area contributed by atoms with Crippen LogP contribution >= 0.6 is 0 Å². The Bertz CT molecular complexity index is 479. The van der Waals surface area contributed by atoms with E-state index >= 15 is 0 Å². The normalized spacial score (nSPS) is 18.1. The van der Waals surface area contributed by atoms with Gasteiger partial charge in [-0.15, -0.1) is 0 Å². The molecule has 4 nitrogen and oxygen atoms in total. The SMILES string of the molecule is Cc1ccc2c(c1)CN1CC(=O)NC1=N2. The fourth-order valence-electron chi connectivity index (χ4n) is 1.99. The van der Waals surface area contributed by atoms with Crippen LogP contribution in [0.3, 0.4) is 0 Å². The molecule has 0 atom stereocenters. The van der Waals surface area contributed by atoms with E-state index in [1.165, 1.54) is 11.1 Å². The molecule has 0 aromatic heterocycles. The molecule has 3 rings (SSSR count). The molecule has 0 aliphatic carbocycles. The van der Waals surface area contributed by atoms with Crippen molar-refractivity contribution >= 4 is 17.6 Å². The molecule has 1 fully saturated rings. The first kappa shape index (κ1) is 8.47.